The van der Waals surface area contributed by atoms with Gasteiger partial charge in [-0.05, 0) is 43.2 Å². The molecule has 1 aromatic carbocycles. The average Bonchev–Trinajstić information content (AvgIpc) is 3.01. The lowest BCUT2D eigenvalue weighted by Gasteiger charge is -2.31. The van der Waals surface area contributed by atoms with E-state index in [4.69, 9.17) is 0 Å². The average molecular weight is 442 g/mol. The molecule has 2 heterocycles. The second kappa shape index (κ2) is 9.11. The van der Waals surface area contributed by atoms with Crippen LogP contribution in [0.15, 0.2) is 23.2 Å². The highest BCUT2D eigenvalue weighted by molar-refractivity contribution is 7.98. The fraction of sp³-hybridized carbons (Fsp3) is 0.579. The molecule has 0 saturated carbocycles. The van der Waals surface area contributed by atoms with Crippen LogP contribution in [0.5, 0.6) is 0 Å². The van der Waals surface area contributed by atoms with Gasteiger partial charge in [0.25, 0.3) is 5.91 Å². The van der Waals surface area contributed by atoms with E-state index in [0.29, 0.717) is 17.8 Å². The van der Waals surface area contributed by atoms with Crippen LogP contribution < -0.4 is 4.80 Å². The molecule has 28 heavy (non-hydrogen) atoms. The Morgan fingerprint density at radius 1 is 1.36 bits per heavy atom. The molecule has 2 aromatic rings. The van der Waals surface area contributed by atoms with Gasteiger partial charge in [0.05, 0.1) is 16.5 Å². The monoisotopic (exact) mass is 441 g/mol. The highest BCUT2D eigenvalue weighted by Crippen LogP contribution is 2.22. The predicted molar refractivity (Wildman–Crippen MR) is 117 cm³/mol. The molecule has 1 fully saturated rings. The zero-order valence-electron chi connectivity index (χ0n) is 16.6. The van der Waals surface area contributed by atoms with Gasteiger partial charge in [-0.1, -0.05) is 30.7 Å². The van der Waals surface area contributed by atoms with E-state index in [2.05, 4.69) is 40.9 Å². The van der Waals surface area contributed by atoms with E-state index >= 15 is 0 Å². The first-order chi connectivity index (χ1) is 13.3. The first-order valence-electron chi connectivity index (χ1n) is 9.51. The van der Waals surface area contributed by atoms with Crippen molar-refractivity contribution in [1.29, 1.82) is 0 Å². The molecule has 1 aromatic heterocycles. The Kier molecular flexibility index (Phi) is 7.01. The number of rotatable bonds is 6. The third kappa shape index (κ3) is 4.69. The van der Waals surface area contributed by atoms with Gasteiger partial charge in [-0.3, -0.25) is 4.79 Å². The topological polar surface area (TPSA) is 71.7 Å². The number of benzene rings is 1. The van der Waals surface area contributed by atoms with E-state index in [1.54, 1.807) is 11.8 Å². The number of piperidine rings is 1. The molecule has 1 saturated heterocycles. The van der Waals surface area contributed by atoms with Gasteiger partial charge in [-0.2, -0.15) is 21.1 Å². The molecule has 0 bridgehead atoms. The van der Waals surface area contributed by atoms with Crippen molar-refractivity contribution >= 4 is 49.2 Å². The standard InChI is InChI=1S/C19H27N3O3S3/c1-4-14-8-9-15-17(13-14)27-19(21(15)11-12-26-2)20-18(23)16-7-5-6-10-22(16)28(3,24)25/h8-9,13,16H,4-7,10-12H2,1-3H3. The maximum absolute atomic E-state index is 13.0. The van der Waals surface area contributed by atoms with E-state index in [0.717, 1.165) is 41.8 Å². The van der Waals surface area contributed by atoms with Crippen LogP contribution in [0.4, 0.5) is 0 Å². The third-order valence-corrected chi connectivity index (χ3v) is 7.97. The number of aryl methyl sites for hydroxylation is 2. The van der Waals surface area contributed by atoms with Crippen molar-refractivity contribution in [3.63, 3.8) is 0 Å². The maximum Gasteiger partial charge on any atom is 0.266 e. The van der Waals surface area contributed by atoms with Crippen molar-refractivity contribution in [3.8, 4) is 0 Å². The molecular weight excluding hydrogens is 414 g/mol. The van der Waals surface area contributed by atoms with Crippen LogP contribution in [0.25, 0.3) is 10.2 Å². The van der Waals surface area contributed by atoms with E-state index in [1.165, 1.54) is 27.5 Å². The van der Waals surface area contributed by atoms with E-state index < -0.39 is 16.1 Å². The number of hydrogen-bond donors (Lipinski definition) is 0. The molecule has 0 N–H and O–H groups in total. The van der Waals surface area contributed by atoms with Crippen LogP contribution in [-0.2, 0) is 27.8 Å². The molecule has 1 atom stereocenters. The Labute approximate surface area is 174 Å². The highest BCUT2D eigenvalue weighted by Gasteiger charge is 2.34. The van der Waals surface area contributed by atoms with Gasteiger partial charge in [0.15, 0.2) is 4.80 Å². The van der Waals surface area contributed by atoms with Crippen LogP contribution in [0.1, 0.15) is 31.7 Å². The molecule has 1 amide bonds. The third-order valence-electron chi connectivity index (χ3n) is 5.04. The molecule has 0 spiro atoms. The predicted octanol–water partition coefficient (Wildman–Crippen LogP) is 2.87. The molecule has 154 valence electrons. The number of amides is 1. The summed E-state index contributed by atoms with van der Waals surface area (Å²) in [4.78, 5) is 18.0. The van der Waals surface area contributed by atoms with Gasteiger partial charge >= 0.3 is 0 Å². The summed E-state index contributed by atoms with van der Waals surface area (Å²) >= 11 is 3.25. The SMILES string of the molecule is CCc1ccc2c(c1)sc(=NC(=O)C1CCCCN1S(C)(=O)=O)n2CCSC. The quantitative estimate of drug-likeness (QED) is 0.691. The Hall–Kier alpha value is -1.16. The molecule has 3 rings (SSSR count). The molecule has 6 nitrogen and oxygen atoms in total. The Balaban J connectivity index is 2.04. The van der Waals surface area contributed by atoms with Crippen molar-refractivity contribution in [1.82, 2.24) is 8.87 Å². The summed E-state index contributed by atoms with van der Waals surface area (Å²) < 4.78 is 28.7. The normalized spacial score (nSPS) is 19.4. The second-order valence-electron chi connectivity index (χ2n) is 7.02. The number of hydrogen-bond acceptors (Lipinski definition) is 5. The number of nitrogens with zero attached hydrogens (tertiary/aromatic N) is 3. The maximum atomic E-state index is 13.0. The van der Waals surface area contributed by atoms with Gasteiger partial charge in [0.2, 0.25) is 10.0 Å². The van der Waals surface area contributed by atoms with Crippen LogP contribution in [0, 0.1) is 0 Å². The summed E-state index contributed by atoms with van der Waals surface area (Å²) in [5.41, 5.74) is 2.32. The Bertz CT molecular complexity index is 1020. The van der Waals surface area contributed by atoms with E-state index in [9.17, 15) is 13.2 Å². The summed E-state index contributed by atoms with van der Waals surface area (Å²) in [5, 5.41) is 0. The number of sulfonamides is 1. The van der Waals surface area contributed by atoms with Gasteiger partial charge in [-0.25, -0.2) is 8.42 Å². The summed E-state index contributed by atoms with van der Waals surface area (Å²) in [6, 6.07) is 5.68. The summed E-state index contributed by atoms with van der Waals surface area (Å²) in [6.07, 6.45) is 6.34. The summed E-state index contributed by atoms with van der Waals surface area (Å²) in [6.45, 7) is 3.27. The van der Waals surface area contributed by atoms with Crippen molar-refractivity contribution < 1.29 is 13.2 Å². The van der Waals surface area contributed by atoms with Gasteiger partial charge < -0.3 is 4.57 Å². The summed E-state index contributed by atoms with van der Waals surface area (Å²) in [7, 11) is -3.42. The van der Waals surface area contributed by atoms with Crippen molar-refractivity contribution in [2.45, 2.75) is 45.2 Å². The minimum absolute atomic E-state index is 0.356. The molecule has 1 aliphatic rings. The number of thioether (sulfide) groups is 1. The fourth-order valence-electron chi connectivity index (χ4n) is 3.54. The number of thiazole rings is 1. The smallest absolute Gasteiger partial charge is 0.266 e. The number of fused-ring (bicyclic) bond motifs is 1. The number of carbonyl (C=O) groups excluding carboxylic acids is 1. The molecule has 0 radical (unpaired) electrons. The second-order valence-corrected chi connectivity index (χ2v) is 10.9. The Morgan fingerprint density at radius 3 is 2.82 bits per heavy atom. The van der Waals surface area contributed by atoms with Crippen LogP contribution >= 0.6 is 23.1 Å². The zero-order valence-corrected chi connectivity index (χ0v) is 19.0. The molecule has 1 aliphatic heterocycles. The first-order valence-corrected chi connectivity index (χ1v) is 13.6. The largest absolute Gasteiger partial charge is 0.316 e. The lowest BCUT2D eigenvalue weighted by molar-refractivity contribution is -0.122. The lowest BCUT2D eigenvalue weighted by atomic mass is 10.0. The lowest BCUT2D eigenvalue weighted by Crippen LogP contribution is -2.47. The number of carbonyl (C=O) groups is 1. The van der Waals surface area contributed by atoms with Gasteiger partial charge in [0.1, 0.15) is 6.04 Å². The molecule has 9 heteroatoms. The highest BCUT2D eigenvalue weighted by atomic mass is 32.2. The molecular formula is C19H27N3O3S3. The zero-order chi connectivity index (χ0) is 20.3. The van der Waals surface area contributed by atoms with Crippen LogP contribution in [-0.4, -0.2) is 54.0 Å². The first kappa shape index (κ1) is 21.5. The van der Waals surface area contributed by atoms with Crippen LogP contribution in [0.3, 0.4) is 0 Å². The van der Waals surface area contributed by atoms with Crippen LogP contribution in [0.2, 0.25) is 0 Å². The molecule has 1 unspecified atom stereocenters. The van der Waals surface area contributed by atoms with Gasteiger partial charge in [-0.15, -0.1) is 0 Å². The minimum Gasteiger partial charge on any atom is -0.316 e. The number of aromatic nitrogens is 1. The van der Waals surface area contributed by atoms with Crippen molar-refractivity contribution in [2.75, 3.05) is 24.8 Å². The Morgan fingerprint density at radius 2 is 2.14 bits per heavy atom. The minimum atomic E-state index is -3.42. The van der Waals surface area contributed by atoms with E-state index in [1.807, 2.05) is 0 Å². The van der Waals surface area contributed by atoms with E-state index in [-0.39, 0.29) is 5.91 Å². The molecule has 0 aliphatic carbocycles. The van der Waals surface area contributed by atoms with Gasteiger partial charge in [0, 0.05) is 18.8 Å². The van der Waals surface area contributed by atoms with Crippen molar-refractivity contribution in [2.24, 2.45) is 4.99 Å². The van der Waals surface area contributed by atoms with Crippen molar-refractivity contribution in [3.05, 3.63) is 28.6 Å². The summed E-state index contributed by atoms with van der Waals surface area (Å²) in [5.74, 6) is 0.562. The fourth-order valence-corrected chi connectivity index (χ4v) is 6.15.